The van der Waals surface area contributed by atoms with Crippen molar-refractivity contribution in [3.05, 3.63) is 51.4 Å². The Labute approximate surface area is 124 Å². The summed E-state index contributed by atoms with van der Waals surface area (Å²) in [5.74, 6) is 5.14. The van der Waals surface area contributed by atoms with Gasteiger partial charge in [0.15, 0.2) is 0 Å². The van der Waals surface area contributed by atoms with E-state index in [1.807, 2.05) is 25.1 Å². The van der Waals surface area contributed by atoms with E-state index >= 15 is 0 Å². The second-order valence-electron chi connectivity index (χ2n) is 3.93. The molecule has 1 amide bonds. The average Bonchev–Trinajstić information content (AvgIpc) is 2.43. The van der Waals surface area contributed by atoms with Crippen LogP contribution in [0.25, 0.3) is 0 Å². The van der Waals surface area contributed by atoms with Crippen molar-refractivity contribution in [3.8, 4) is 0 Å². The van der Waals surface area contributed by atoms with Crippen LogP contribution in [0, 0.1) is 10.5 Å². The van der Waals surface area contributed by atoms with E-state index in [0.717, 1.165) is 14.8 Å². The molecular weight excluding hydrogens is 355 g/mol. The first-order valence-corrected chi connectivity index (χ1v) is 6.68. The van der Waals surface area contributed by atoms with Gasteiger partial charge in [0.05, 0.1) is 17.4 Å². The smallest absolute Gasteiger partial charge is 0.257 e. The Kier molecular flexibility index (Phi) is 4.33. The fourth-order valence-corrected chi connectivity index (χ4v) is 2.14. The molecule has 1 aromatic carbocycles. The van der Waals surface area contributed by atoms with Crippen LogP contribution in [0.5, 0.6) is 0 Å². The topological polar surface area (TPSA) is 80.0 Å². The Morgan fingerprint density at radius 3 is 2.84 bits per heavy atom. The summed E-state index contributed by atoms with van der Waals surface area (Å²) in [5.41, 5.74) is 5.23. The lowest BCUT2D eigenvalue weighted by Crippen LogP contribution is -2.18. The predicted molar refractivity (Wildman–Crippen MR) is 83.9 cm³/mol. The summed E-state index contributed by atoms with van der Waals surface area (Å²) in [4.78, 5) is 16.1. The van der Waals surface area contributed by atoms with Crippen LogP contribution in [0.1, 0.15) is 15.9 Å². The fourth-order valence-electron chi connectivity index (χ4n) is 1.64. The third-order valence-corrected chi connectivity index (χ3v) is 3.91. The SMILES string of the molecule is Cc1c(I)cccc1NC(=O)c1ccncc1NN. The number of rotatable bonds is 3. The molecule has 0 saturated heterocycles. The molecule has 4 N–H and O–H groups in total. The van der Waals surface area contributed by atoms with Gasteiger partial charge in [-0.3, -0.25) is 15.6 Å². The second-order valence-corrected chi connectivity index (χ2v) is 5.09. The van der Waals surface area contributed by atoms with Crippen LogP contribution in [0.2, 0.25) is 0 Å². The van der Waals surface area contributed by atoms with Crippen LogP contribution in [-0.4, -0.2) is 10.9 Å². The minimum atomic E-state index is -0.222. The standard InChI is InChI=1S/C13H13IN4O/c1-8-10(14)3-2-4-11(8)17-13(19)9-5-6-16-7-12(9)18-15/h2-7,18H,15H2,1H3,(H,17,19). The summed E-state index contributed by atoms with van der Waals surface area (Å²) >= 11 is 2.23. The van der Waals surface area contributed by atoms with E-state index in [1.165, 1.54) is 6.20 Å². The number of anilines is 2. The number of nitrogens with two attached hydrogens (primary N) is 1. The van der Waals surface area contributed by atoms with E-state index in [-0.39, 0.29) is 5.91 Å². The largest absolute Gasteiger partial charge is 0.322 e. The van der Waals surface area contributed by atoms with Crippen molar-refractivity contribution in [2.75, 3.05) is 10.7 Å². The van der Waals surface area contributed by atoms with Gasteiger partial charge in [-0.25, -0.2) is 0 Å². The van der Waals surface area contributed by atoms with Crippen LogP contribution >= 0.6 is 22.6 Å². The average molecular weight is 368 g/mol. The van der Waals surface area contributed by atoms with E-state index in [9.17, 15) is 4.79 Å². The molecule has 0 fully saturated rings. The van der Waals surface area contributed by atoms with Crippen molar-refractivity contribution >= 4 is 39.9 Å². The number of pyridine rings is 1. The van der Waals surface area contributed by atoms with Gasteiger partial charge in [0.25, 0.3) is 5.91 Å². The number of hydrogen-bond acceptors (Lipinski definition) is 4. The number of amides is 1. The number of nitrogens with one attached hydrogen (secondary N) is 2. The monoisotopic (exact) mass is 368 g/mol. The zero-order valence-electron chi connectivity index (χ0n) is 10.3. The van der Waals surface area contributed by atoms with Gasteiger partial charge in [-0.1, -0.05) is 6.07 Å². The molecule has 0 aliphatic rings. The third-order valence-electron chi connectivity index (χ3n) is 2.74. The van der Waals surface area contributed by atoms with Gasteiger partial charge < -0.3 is 10.7 Å². The Bertz CT molecular complexity index is 615. The quantitative estimate of drug-likeness (QED) is 0.442. The molecule has 19 heavy (non-hydrogen) atoms. The first-order valence-electron chi connectivity index (χ1n) is 5.60. The van der Waals surface area contributed by atoms with Gasteiger partial charge >= 0.3 is 0 Å². The molecule has 0 radical (unpaired) electrons. The highest BCUT2D eigenvalue weighted by molar-refractivity contribution is 14.1. The lowest BCUT2D eigenvalue weighted by molar-refractivity contribution is 0.102. The Morgan fingerprint density at radius 1 is 1.32 bits per heavy atom. The number of benzene rings is 1. The Hall–Kier alpha value is -1.67. The maximum atomic E-state index is 12.2. The lowest BCUT2D eigenvalue weighted by Gasteiger charge is -2.11. The molecule has 0 aliphatic heterocycles. The highest BCUT2D eigenvalue weighted by atomic mass is 127. The van der Waals surface area contributed by atoms with Crippen molar-refractivity contribution in [3.63, 3.8) is 0 Å². The molecule has 2 aromatic rings. The van der Waals surface area contributed by atoms with Crippen molar-refractivity contribution < 1.29 is 4.79 Å². The first-order chi connectivity index (χ1) is 9.13. The molecule has 2 rings (SSSR count). The minimum absolute atomic E-state index is 0.222. The lowest BCUT2D eigenvalue weighted by atomic mass is 10.1. The van der Waals surface area contributed by atoms with Gasteiger partial charge in [0.2, 0.25) is 0 Å². The molecular formula is C13H13IN4O. The molecule has 6 heteroatoms. The molecule has 1 heterocycles. The Balaban J connectivity index is 2.28. The number of nitrogen functional groups attached to an aromatic ring is 1. The first kappa shape index (κ1) is 13.8. The molecule has 0 aliphatic carbocycles. The highest BCUT2D eigenvalue weighted by Gasteiger charge is 2.12. The Morgan fingerprint density at radius 2 is 2.11 bits per heavy atom. The van der Waals surface area contributed by atoms with Crippen LogP contribution in [-0.2, 0) is 0 Å². The number of carbonyl (C=O) groups excluding carboxylic acids is 1. The van der Waals surface area contributed by atoms with Crippen LogP contribution in [0.15, 0.2) is 36.7 Å². The molecule has 1 aromatic heterocycles. The summed E-state index contributed by atoms with van der Waals surface area (Å²) in [6, 6.07) is 7.38. The molecule has 0 bridgehead atoms. The van der Waals surface area contributed by atoms with Gasteiger partial charge in [-0.05, 0) is 53.3 Å². The summed E-state index contributed by atoms with van der Waals surface area (Å²) < 4.78 is 1.10. The van der Waals surface area contributed by atoms with Gasteiger partial charge in [0.1, 0.15) is 0 Å². The van der Waals surface area contributed by atoms with Crippen LogP contribution in [0.3, 0.4) is 0 Å². The van der Waals surface area contributed by atoms with Crippen LogP contribution in [0.4, 0.5) is 11.4 Å². The fraction of sp³-hybridized carbons (Fsp3) is 0.0769. The van der Waals surface area contributed by atoms with Gasteiger partial charge in [-0.2, -0.15) is 0 Å². The van der Waals surface area contributed by atoms with Crippen LogP contribution < -0.4 is 16.6 Å². The number of carbonyl (C=O) groups is 1. The maximum Gasteiger partial charge on any atom is 0.257 e. The van der Waals surface area contributed by atoms with Gasteiger partial charge in [0, 0.05) is 15.5 Å². The van der Waals surface area contributed by atoms with E-state index in [4.69, 9.17) is 5.84 Å². The highest BCUT2D eigenvalue weighted by Crippen LogP contribution is 2.22. The molecule has 5 nitrogen and oxygen atoms in total. The zero-order valence-corrected chi connectivity index (χ0v) is 12.4. The van der Waals surface area contributed by atoms with E-state index in [0.29, 0.717) is 11.3 Å². The minimum Gasteiger partial charge on any atom is -0.322 e. The molecule has 0 saturated carbocycles. The van der Waals surface area contributed by atoms with Crippen molar-refractivity contribution in [2.45, 2.75) is 6.92 Å². The summed E-state index contributed by atoms with van der Waals surface area (Å²) in [5, 5.41) is 2.87. The normalized spacial score (nSPS) is 10.1. The summed E-state index contributed by atoms with van der Waals surface area (Å²) in [6.07, 6.45) is 3.06. The molecule has 98 valence electrons. The van der Waals surface area contributed by atoms with E-state index in [1.54, 1.807) is 12.3 Å². The van der Waals surface area contributed by atoms with E-state index < -0.39 is 0 Å². The predicted octanol–water partition coefficient (Wildman–Crippen LogP) is 2.53. The van der Waals surface area contributed by atoms with E-state index in [2.05, 4.69) is 38.3 Å². The third kappa shape index (κ3) is 3.02. The number of halogens is 1. The number of nitrogens with zero attached hydrogens (tertiary/aromatic N) is 1. The number of aromatic nitrogens is 1. The van der Waals surface area contributed by atoms with Gasteiger partial charge in [-0.15, -0.1) is 0 Å². The summed E-state index contributed by atoms with van der Waals surface area (Å²) in [6.45, 7) is 1.96. The zero-order chi connectivity index (χ0) is 13.8. The maximum absolute atomic E-state index is 12.2. The molecule has 0 atom stereocenters. The van der Waals surface area contributed by atoms with Crippen molar-refractivity contribution in [1.29, 1.82) is 0 Å². The van der Waals surface area contributed by atoms with Crippen molar-refractivity contribution in [2.24, 2.45) is 5.84 Å². The molecule has 0 spiro atoms. The number of hydrazine groups is 1. The molecule has 0 unspecified atom stereocenters. The number of hydrogen-bond donors (Lipinski definition) is 3. The van der Waals surface area contributed by atoms with Crippen molar-refractivity contribution in [1.82, 2.24) is 4.98 Å². The second kappa shape index (κ2) is 5.98. The summed E-state index contributed by atoms with van der Waals surface area (Å²) in [7, 11) is 0.